The van der Waals surface area contributed by atoms with Crippen LogP contribution in [0.15, 0.2) is 20.0 Å². The number of carbonyl (C=O) groups is 1. The summed E-state index contributed by atoms with van der Waals surface area (Å²) in [5.74, 6) is -0.596. The summed E-state index contributed by atoms with van der Waals surface area (Å²) >= 11 is 0.751. The monoisotopic (exact) mass is 206 g/mol. The summed E-state index contributed by atoms with van der Waals surface area (Å²) in [6.45, 7) is 0. The van der Waals surface area contributed by atoms with Gasteiger partial charge in [-0.2, -0.15) is 20.2 Å². The number of rotatable bonds is 0. The van der Waals surface area contributed by atoms with E-state index in [-0.39, 0.29) is 22.7 Å². The highest BCUT2D eigenvalue weighted by Gasteiger charge is 2.28. The second kappa shape index (κ2) is 3.04. The first-order chi connectivity index (χ1) is 6.70. The molecule has 0 aromatic carbocycles. The Kier molecular flexibility index (Phi) is 1.86. The first-order valence-corrected chi connectivity index (χ1v) is 4.23. The van der Waals surface area contributed by atoms with Crippen LogP contribution in [-0.4, -0.2) is 28.6 Å². The van der Waals surface area contributed by atoms with E-state index >= 15 is 0 Å². The van der Waals surface area contributed by atoms with Crippen LogP contribution in [0.2, 0.25) is 0 Å². The quantitative estimate of drug-likeness (QED) is 0.525. The fourth-order valence-electron chi connectivity index (χ4n) is 0.913. The van der Waals surface area contributed by atoms with E-state index in [0.29, 0.717) is 0 Å². The van der Waals surface area contributed by atoms with Crippen molar-refractivity contribution in [1.82, 2.24) is 0 Å². The molecule has 68 valence electrons. The number of aliphatic imine (C=N–C) groups is 4. The number of carbonyl (C=O) groups excluding carboxylic acids is 1. The van der Waals surface area contributed by atoms with Crippen LogP contribution >= 0.6 is 11.8 Å². The van der Waals surface area contributed by atoms with Crippen molar-refractivity contribution in [2.24, 2.45) is 25.7 Å². The lowest BCUT2D eigenvalue weighted by molar-refractivity contribution is -0.111. The van der Waals surface area contributed by atoms with E-state index < -0.39 is 5.91 Å². The van der Waals surface area contributed by atoms with Crippen LogP contribution in [-0.2, 0) is 4.79 Å². The van der Waals surface area contributed by atoms with E-state index in [0.717, 1.165) is 11.8 Å². The minimum Gasteiger partial charge on any atom is -0.368 e. The fraction of sp³-hybridized carbons (Fsp3) is 0. The summed E-state index contributed by atoms with van der Waals surface area (Å²) in [6.07, 6.45) is 0. The maximum atomic E-state index is 11.2. The maximum absolute atomic E-state index is 11.2. The Morgan fingerprint density at radius 3 is 2.79 bits per heavy atom. The van der Waals surface area contributed by atoms with Crippen molar-refractivity contribution < 1.29 is 4.79 Å². The zero-order chi connectivity index (χ0) is 10.1. The number of nitrogens with two attached hydrogens (primary N) is 1. The van der Waals surface area contributed by atoms with Crippen molar-refractivity contribution in [1.29, 1.82) is 5.26 Å². The molecule has 2 rings (SSSR count). The number of hydrogen-bond acceptors (Lipinski definition) is 7. The summed E-state index contributed by atoms with van der Waals surface area (Å²) in [5.41, 5.74) is 5.28. The Morgan fingerprint density at radius 2 is 2.07 bits per heavy atom. The Labute approximate surface area is 82.2 Å². The minimum absolute atomic E-state index is 0.0388. The molecule has 2 heterocycles. The van der Waals surface area contributed by atoms with Crippen molar-refractivity contribution in [2.75, 3.05) is 0 Å². The third-order valence-electron chi connectivity index (χ3n) is 1.40. The van der Waals surface area contributed by atoms with Gasteiger partial charge in [0.2, 0.25) is 11.1 Å². The number of nitrogens with zero attached hydrogens (tertiary/aromatic N) is 5. The summed E-state index contributed by atoms with van der Waals surface area (Å²) < 4.78 is 0. The van der Waals surface area contributed by atoms with Crippen LogP contribution in [0.4, 0.5) is 0 Å². The highest BCUT2D eigenvalue weighted by molar-refractivity contribution is 8.17. The SMILES string of the molecule is N#CSC1=NC2=NC(N)=NC(=O)C2=N1. The number of fused-ring (bicyclic) bond motifs is 1. The van der Waals surface area contributed by atoms with Crippen LogP contribution in [0.3, 0.4) is 0 Å². The van der Waals surface area contributed by atoms with Gasteiger partial charge >= 0.3 is 5.91 Å². The molecule has 0 aromatic rings. The number of guanidine groups is 1. The van der Waals surface area contributed by atoms with Gasteiger partial charge in [-0.1, -0.05) is 0 Å². The van der Waals surface area contributed by atoms with Crippen LogP contribution in [0.1, 0.15) is 0 Å². The molecular weight excluding hydrogens is 204 g/mol. The molecule has 0 atom stereocenters. The molecule has 14 heavy (non-hydrogen) atoms. The number of amidine groups is 2. The number of hydrogen-bond donors (Lipinski definition) is 1. The molecule has 0 radical (unpaired) electrons. The highest BCUT2D eigenvalue weighted by Crippen LogP contribution is 2.13. The summed E-state index contributed by atoms with van der Waals surface area (Å²) in [7, 11) is 0. The van der Waals surface area contributed by atoms with E-state index in [2.05, 4.69) is 20.0 Å². The Morgan fingerprint density at radius 1 is 1.29 bits per heavy atom. The molecule has 0 saturated carbocycles. The third kappa shape index (κ3) is 1.29. The third-order valence-corrected chi connectivity index (χ3v) is 1.85. The van der Waals surface area contributed by atoms with Gasteiger partial charge < -0.3 is 5.73 Å². The number of thiocyanates is 1. The van der Waals surface area contributed by atoms with Gasteiger partial charge in [-0.05, 0) is 0 Å². The maximum Gasteiger partial charge on any atom is 0.302 e. The van der Waals surface area contributed by atoms with E-state index in [4.69, 9.17) is 11.0 Å². The lowest BCUT2D eigenvalue weighted by atomic mass is 10.3. The molecule has 0 bridgehead atoms. The van der Waals surface area contributed by atoms with E-state index in [1.165, 1.54) is 0 Å². The van der Waals surface area contributed by atoms with Gasteiger partial charge in [0.15, 0.2) is 11.5 Å². The Hall–Kier alpha value is -2.01. The first kappa shape index (κ1) is 8.58. The zero-order valence-electron chi connectivity index (χ0n) is 6.63. The van der Waals surface area contributed by atoms with Gasteiger partial charge in [0.1, 0.15) is 5.40 Å². The van der Waals surface area contributed by atoms with Crippen LogP contribution in [0.25, 0.3) is 0 Å². The second-order valence-electron chi connectivity index (χ2n) is 2.26. The molecule has 0 unspecified atom stereocenters. The van der Waals surface area contributed by atoms with E-state index in [1.54, 1.807) is 5.40 Å². The molecule has 0 saturated heterocycles. The molecule has 2 N–H and O–H groups in total. The van der Waals surface area contributed by atoms with Gasteiger partial charge in [-0.3, -0.25) is 4.79 Å². The van der Waals surface area contributed by atoms with Gasteiger partial charge in [0.05, 0.1) is 0 Å². The molecule has 0 fully saturated rings. The smallest absolute Gasteiger partial charge is 0.302 e. The summed E-state index contributed by atoms with van der Waals surface area (Å²) in [5, 5.41) is 10.3. The van der Waals surface area contributed by atoms with E-state index in [1.807, 2.05) is 0 Å². The van der Waals surface area contributed by atoms with Crippen molar-refractivity contribution in [3.63, 3.8) is 0 Å². The summed E-state index contributed by atoms with van der Waals surface area (Å²) in [6, 6.07) is 0. The highest BCUT2D eigenvalue weighted by atomic mass is 32.2. The van der Waals surface area contributed by atoms with Gasteiger partial charge in [-0.25, -0.2) is 4.99 Å². The fourth-order valence-corrected chi connectivity index (χ4v) is 1.26. The van der Waals surface area contributed by atoms with Gasteiger partial charge in [0, 0.05) is 11.8 Å². The molecule has 8 heteroatoms. The predicted octanol–water partition coefficient (Wildman–Crippen LogP) is -0.735. The molecule has 7 nitrogen and oxygen atoms in total. The second-order valence-corrected chi connectivity index (χ2v) is 3.01. The largest absolute Gasteiger partial charge is 0.368 e. The van der Waals surface area contributed by atoms with Crippen molar-refractivity contribution in [3.8, 4) is 5.40 Å². The summed E-state index contributed by atoms with van der Waals surface area (Å²) in [4.78, 5) is 25.9. The van der Waals surface area contributed by atoms with E-state index in [9.17, 15) is 4.79 Å². The number of amides is 1. The number of thioether (sulfide) groups is 1. The minimum atomic E-state index is -0.579. The van der Waals surface area contributed by atoms with Crippen molar-refractivity contribution in [2.45, 2.75) is 0 Å². The molecule has 0 spiro atoms. The van der Waals surface area contributed by atoms with Crippen LogP contribution < -0.4 is 5.73 Å². The standard InChI is InChI=1S/C6H2N6OS/c7-1-14-6-9-2-3(11-6)10-5(8)12-4(2)13/h(H2,8,12,13). The average molecular weight is 206 g/mol. The molecule has 1 amide bonds. The Balaban J connectivity index is 2.40. The topological polar surface area (TPSA) is 116 Å². The van der Waals surface area contributed by atoms with Crippen LogP contribution in [0, 0.1) is 10.7 Å². The van der Waals surface area contributed by atoms with Crippen molar-refractivity contribution >= 4 is 40.3 Å². The molecular formula is C6H2N6OS. The molecule has 0 aliphatic carbocycles. The van der Waals surface area contributed by atoms with Crippen molar-refractivity contribution in [3.05, 3.63) is 0 Å². The lowest BCUT2D eigenvalue weighted by Crippen LogP contribution is -2.28. The number of nitriles is 1. The molecule has 2 aliphatic rings. The van der Waals surface area contributed by atoms with Gasteiger partial charge in [-0.15, -0.1) is 0 Å². The normalized spacial score (nSPS) is 18.9. The van der Waals surface area contributed by atoms with Gasteiger partial charge in [0.25, 0.3) is 0 Å². The first-order valence-electron chi connectivity index (χ1n) is 3.41. The van der Waals surface area contributed by atoms with Crippen LogP contribution in [0.5, 0.6) is 0 Å². The zero-order valence-corrected chi connectivity index (χ0v) is 7.45. The predicted molar refractivity (Wildman–Crippen MR) is 52.1 cm³/mol. The Bertz CT molecular complexity index is 479. The average Bonchev–Trinajstić information content (AvgIpc) is 2.48. The molecule has 2 aliphatic heterocycles. The molecule has 0 aromatic heterocycles. The lowest BCUT2D eigenvalue weighted by Gasteiger charge is -2.01.